The number of halogens is 2. The van der Waals surface area contributed by atoms with E-state index in [4.69, 9.17) is 4.74 Å². The molecule has 0 saturated carbocycles. The molecule has 1 fully saturated rings. The van der Waals surface area contributed by atoms with Gasteiger partial charge in [-0.3, -0.25) is 0 Å². The topological polar surface area (TPSA) is 22.1 Å². The van der Waals surface area contributed by atoms with Gasteiger partial charge < -0.3 is 4.74 Å². The van der Waals surface area contributed by atoms with Crippen molar-refractivity contribution in [1.82, 2.24) is 4.98 Å². The minimum absolute atomic E-state index is 0.00834. The minimum atomic E-state index is -1.73. The molecule has 0 radical (unpaired) electrons. The summed E-state index contributed by atoms with van der Waals surface area (Å²) in [5.41, 5.74) is -1.17. The van der Waals surface area contributed by atoms with Gasteiger partial charge in [-0.05, 0) is 30.1 Å². The van der Waals surface area contributed by atoms with Crippen molar-refractivity contribution in [2.24, 2.45) is 5.92 Å². The molecule has 0 N–H and O–H groups in total. The van der Waals surface area contributed by atoms with E-state index in [-0.39, 0.29) is 18.6 Å². The number of pyridine rings is 1. The van der Waals surface area contributed by atoms with Gasteiger partial charge in [0.1, 0.15) is 5.67 Å². The van der Waals surface area contributed by atoms with Crippen LogP contribution in [0.2, 0.25) is 0 Å². The number of rotatable bonds is 1. The smallest absolute Gasteiger partial charge is 0.219 e. The highest BCUT2D eigenvalue weighted by Gasteiger charge is 2.43. The summed E-state index contributed by atoms with van der Waals surface area (Å²) in [5, 5.41) is 3.14. The standard InChI is InChI=1S/C16H21F2NOS/c1-12-11-20-7-6-16(12,18)14-9-13(10-19-15(14)17)5-8-21(2,3)4/h9-10,12H,6-7,11H2,1-4H3/t12-,16+/m0/s1. The number of nitrogens with zero attached hydrogens (tertiary/aromatic N) is 1. The van der Waals surface area contributed by atoms with E-state index in [9.17, 15) is 4.39 Å². The number of aromatic nitrogens is 1. The number of alkyl halides is 1. The second kappa shape index (κ2) is 5.94. The quantitative estimate of drug-likeness (QED) is 0.585. The van der Waals surface area contributed by atoms with Crippen LogP contribution in [-0.2, 0) is 10.4 Å². The lowest BCUT2D eigenvalue weighted by Crippen LogP contribution is -2.38. The highest BCUT2D eigenvalue weighted by molar-refractivity contribution is 8.35. The molecule has 2 nitrogen and oxygen atoms in total. The molecule has 0 aliphatic carbocycles. The fourth-order valence-electron chi connectivity index (χ4n) is 2.28. The average Bonchev–Trinajstić information content (AvgIpc) is 2.40. The summed E-state index contributed by atoms with van der Waals surface area (Å²) < 4.78 is 34.5. The van der Waals surface area contributed by atoms with E-state index in [1.165, 1.54) is 12.3 Å². The third-order valence-corrected chi connectivity index (χ3v) is 4.26. The molecule has 1 aromatic rings. The van der Waals surface area contributed by atoms with E-state index in [0.29, 0.717) is 12.2 Å². The Morgan fingerprint density at radius 1 is 1.43 bits per heavy atom. The zero-order valence-corrected chi connectivity index (χ0v) is 13.7. The molecule has 1 aromatic heterocycles. The molecular weight excluding hydrogens is 292 g/mol. The Kier molecular flexibility index (Phi) is 4.60. The molecule has 1 aliphatic rings. The van der Waals surface area contributed by atoms with Crippen LogP contribution in [0.4, 0.5) is 8.78 Å². The maximum absolute atomic E-state index is 15.2. The summed E-state index contributed by atoms with van der Waals surface area (Å²) in [5.74, 6) is 1.83. The molecule has 2 heterocycles. The second-order valence-corrected chi connectivity index (χ2v) is 10.1. The Morgan fingerprint density at radius 3 is 2.76 bits per heavy atom. The van der Waals surface area contributed by atoms with Crippen LogP contribution in [0.1, 0.15) is 24.5 Å². The second-order valence-electron chi connectivity index (χ2n) is 6.21. The third kappa shape index (κ3) is 3.75. The molecule has 2 rings (SSSR count). The summed E-state index contributed by atoms with van der Waals surface area (Å²) in [6, 6.07) is 1.50. The Balaban J connectivity index is 2.41. The predicted molar refractivity (Wildman–Crippen MR) is 83.8 cm³/mol. The molecule has 0 unspecified atom stereocenters. The van der Waals surface area contributed by atoms with Crippen LogP contribution in [0.25, 0.3) is 0 Å². The lowest BCUT2D eigenvalue weighted by Gasteiger charge is -2.35. The van der Waals surface area contributed by atoms with E-state index in [1.54, 1.807) is 6.92 Å². The summed E-state index contributed by atoms with van der Waals surface area (Å²) in [7, 11) is -0.993. The van der Waals surface area contributed by atoms with Gasteiger partial charge in [0, 0.05) is 36.3 Å². The van der Waals surface area contributed by atoms with E-state index >= 15 is 4.39 Å². The minimum Gasteiger partial charge on any atom is -0.381 e. The molecule has 0 spiro atoms. The van der Waals surface area contributed by atoms with Crippen LogP contribution in [-0.4, -0.2) is 37.0 Å². The molecule has 0 bridgehead atoms. The third-order valence-electron chi connectivity index (χ3n) is 3.55. The number of hydrogen-bond donors (Lipinski definition) is 0. The fraction of sp³-hybridized carbons (Fsp3) is 0.562. The molecule has 0 aromatic carbocycles. The first-order chi connectivity index (χ1) is 9.72. The summed E-state index contributed by atoms with van der Waals surface area (Å²) in [6.07, 6.45) is 7.71. The van der Waals surface area contributed by atoms with E-state index in [0.717, 1.165) is 0 Å². The van der Waals surface area contributed by atoms with Crippen LogP contribution in [0, 0.1) is 23.0 Å². The molecule has 1 saturated heterocycles. The van der Waals surface area contributed by atoms with Gasteiger partial charge in [-0.1, -0.05) is 12.8 Å². The Morgan fingerprint density at radius 2 is 2.14 bits per heavy atom. The van der Waals surface area contributed by atoms with Crippen molar-refractivity contribution in [3.05, 3.63) is 29.3 Å². The molecule has 5 heteroatoms. The van der Waals surface area contributed by atoms with Gasteiger partial charge in [-0.25, -0.2) is 9.37 Å². The van der Waals surface area contributed by atoms with Crippen molar-refractivity contribution < 1.29 is 13.5 Å². The zero-order valence-electron chi connectivity index (χ0n) is 12.9. The highest BCUT2D eigenvalue weighted by Crippen LogP contribution is 2.41. The van der Waals surface area contributed by atoms with Crippen LogP contribution < -0.4 is 0 Å². The maximum Gasteiger partial charge on any atom is 0.219 e. The van der Waals surface area contributed by atoms with E-state index in [2.05, 4.69) is 34.9 Å². The zero-order chi connectivity index (χ0) is 15.7. The van der Waals surface area contributed by atoms with Gasteiger partial charge in [0.25, 0.3) is 0 Å². The first kappa shape index (κ1) is 16.3. The SMILES string of the molecule is C[C@H]1COCC[C@]1(F)c1cc(C#CS(C)(C)C)cnc1F. The summed E-state index contributed by atoms with van der Waals surface area (Å²) in [6.45, 7) is 2.32. The van der Waals surface area contributed by atoms with Crippen LogP contribution in [0.5, 0.6) is 0 Å². The lowest BCUT2D eigenvalue weighted by atomic mass is 9.81. The van der Waals surface area contributed by atoms with Gasteiger partial charge in [-0.15, -0.1) is 0 Å². The molecule has 116 valence electrons. The Labute approximate surface area is 126 Å². The normalized spacial score (nSPS) is 26.9. The van der Waals surface area contributed by atoms with E-state index in [1.807, 2.05) is 0 Å². The van der Waals surface area contributed by atoms with Gasteiger partial charge in [-0.2, -0.15) is 14.4 Å². The fourth-order valence-corrected chi connectivity index (χ4v) is 2.70. The van der Waals surface area contributed by atoms with Crippen LogP contribution in [0.3, 0.4) is 0 Å². The molecule has 21 heavy (non-hydrogen) atoms. The lowest BCUT2D eigenvalue weighted by molar-refractivity contribution is -0.0606. The largest absolute Gasteiger partial charge is 0.381 e. The van der Waals surface area contributed by atoms with Crippen molar-refractivity contribution in [3.63, 3.8) is 0 Å². The van der Waals surface area contributed by atoms with Crippen molar-refractivity contribution >= 4 is 10.0 Å². The van der Waals surface area contributed by atoms with Crippen molar-refractivity contribution in [1.29, 1.82) is 0 Å². The Bertz CT molecular complexity index is 588. The van der Waals surface area contributed by atoms with Gasteiger partial charge in [0.15, 0.2) is 0 Å². The molecule has 2 atom stereocenters. The summed E-state index contributed by atoms with van der Waals surface area (Å²) >= 11 is 0. The highest BCUT2D eigenvalue weighted by atomic mass is 32.3. The van der Waals surface area contributed by atoms with Crippen molar-refractivity contribution in [2.45, 2.75) is 19.0 Å². The first-order valence-corrected chi connectivity index (χ1v) is 9.72. The molecule has 1 aliphatic heterocycles. The molecular formula is C16H21F2NOS. The average molecular weight is 313 g/mol. The van der Waals surface area contributed by atoms with Gasteiger partial charge >= 0.3 is 0 Å². The summed E-state index contributed by atoms with van der Waals surface area (Å²) in [4.78, 5) is 3.69. The van der Waals surface area contributed by atoms with Crippen LogP contribution in [0.15, 0.2) is 12.3 Å². The predicted octanol–water partition coefficient (Wildman–Crippen LogP) is 3.44. The number of ether oxygens (including phenoxy) is 1. The van der Waals surface area contributed by atoms with Gasteiger partial charge in [0.2, 0.25) is 5.95 Å². The monoisotopic (exact) mass is 313 g/mol. The van der Waals surface area contributed by atoms with E-state index < -0.39 is 27.6 Å². The van der Waals surface area contributed by atoms with Crippen molar-refractivity contribution in [3.8, 4) is 11.2 Å². The number of hydrogen-bond acceptors (Lipinski definition) is 2. The van der Waals surface area contributed by atoms with Crippen LogP contribution >= 0.6 is 10.0 Å². The Hall–Kier alpha value is -1.12. The molecule has 0 amide bonds. The maximum atomic E-state index is 15.2. The van der Waals surface area contributed by atoms with Crippen molar-refractivity contribution in [2.75, 3.05) is 32.0 Å². The van der Waals surface area contributed by atoms with Gasteiger partial charge in [0.05, 0.1) is 6.61 Å². The first-order valence-electron chi connectivity index (χ1n) is 6.86.